The molecule has 21 heavy (non-hydrogen) atoms. The van der Waals surface area contributed by atoms with Crippen molar-refractivity contribution in [3.05, 3.63) is 24.3 Å². The van der Waals surface area contributed by atoms with Crippen LogP contribution in [0.5, 0.6) is 0 Å². The maximum absolute atomic E-state index is 12.2. The van der Waals surface area contributed by atoms with Gasteiger partial charge >= 0.3 is 0 Å². The van der Waals surface area contributed by atoms with Crippen LogP contribution in [0.3, 0.4) is 0 Å². The summed E-state index contributed by atoms with van der Waals surface area (Å²) < 4.78 is 24.5. The largest absolute Gasteiger partial charge is 0.399 e. The van der Waals surface area contributed by atoms with E-state index in [0.717, 1.165) is 0 Å². The third-order valence-corrected chi connectivity index (χ3v) is 4.67. The third kappa shape index (κ3) is 6.43. The van der Waals surface area contributed by atoms with Gasteiger partial charge in [-0.25, -0.2) is 8.42 Å². The molecule has 6 nitrogen and oxygen atoms in total. The lowest BCUT2D eigenvalue weighted by Gasteiger charge is -2.24. The SMILES string of the molecule is CC(O)CN(CCS(=O)(=O)c1ccc(N)cc1)CC(C)O. The van der Waals surface area contributed by atoms with Crippen molar-refractivity contribution in [3.8, 4) is 0 Å². The number of nitrogen functional groups attached to an aromatic ring is 1. The molecule has 7 heteroatoms. The number of hydrogen-bond acceptors (Lipinski definition) is 6. The number of nitrogens with zero attached hydrogens (tertiary/aromatic N) is 1. The second-order valence-corrected chi connectivity index (χ2v) is 7.45. The first-order chi connectivity index (χ1) is 9.70. The molecule has 2 unspecified atom stereocenters. The molecular weight excluding hydrogens is 292 g/mol. The van der Waals surface area contributed by atoms with Crippen LogP contribution in [0.4, 0.5) is 5.69 Å². The first-order valence-corrected chi connectivity index (χ1v) is 8.52. The summed E-state index contributed by atoms with van der Waals surface area (Å²) in [6, 6.07) is 6.07. The van der Waals surface area contributed by atoms with Crippen molar-refractivity contribution in [2.45, 2.75) is 31.0 Å². The highest BCUT2D eigenvalue weighted by atomic mass is 32.2. The van der Waals surface area contributed by atoms with Gasteiger partial charge in [0.05, 0.1) is 22.9 Å². The average Bonchev–Trinajstić information content (AvgIpc) is 2.35. The number of hydrogen-bond donors (Lipinski definition) is 3. The Morgan fingerprint density at radius 1 is 1.10 bits per heavy atom. The molecule has 0 aliphatic heterocycles. The molecule has 0 aliphatic rings. The number of anilines is 1. The van der Waals surface area contributed by atoms with Crippen molar-refractivity contribution in [2.24, 2.45) is 0 Å². The summed E-state index contributed by atoms with van der Waals surface area (Å²) >= 11 is 0. The lowest BCUT2D eigenvalue weighted by atomic mass is 10.3. The zero-order valence-corrected chi connectivity index (χ0v) is 13.3. The molecule has 0 bridgehead atoms. The van der Waals surface area contributed by atoms with Crippen molar-refractivity contribution in [1.29, 1.82) is 0 Å². The molecule has 0 amide bonds. The van der Waals surface area contributed by atoms with Gasteiger partial charge in [-0.05, 0) is 38.1 Å². The van der Waals surface area contributed by atoms with Crippen LogP contribution in [0.15, 0.2) is 29.2 Å². The van der Waals surface area contributed by atoms with Gasteiger partial charge < -0.3 is 15.9 Å². The Bertz CT molecular complexity index is 516. The summed E-state index contributed by atoms with van der Waals surface area (Å²) in [6.07, 6.45) is -1.16. The second-order valence-electron chi connectivity index (χ2n) is 5.35. The summed E-state index contributed by atoms with van der Waals surface area (Å²) in [5, 5.41) is 18.9. The van der Waals surface area contributed by atoms with E-state index in [2.05, 4.69) is 0 Å². The standard InChI is InChI=1S/C14H24N2O4S/c1-11(17)9-16(10-12(2)18)7-8-21(19,20)14-5-3-13(15)4-6-14/h3-6,11-12,17-18H,7-10,15H2,1-2H3. The maximum atomic E-state index is 12.2. The summed E-state index contributed by atoms with van der Waals surface area (Å²) in [7, 11) is -3.40. The van der Waals surface area contributed by atoms with E-state index in [9.17, 15) is 18.6 Å². The van der Waals surface area contributed by atoms with E-state index in [1.807, 2.05) is 0 Å². The van der Waals surface area contributed by atoms with Gasteiger partial charge in [-0.1, -0.05) is 0 Å². The predicted octanol–water partition coefficient (Wildman–Crippen LogP) is 0.106. The molecule has 0 saturated carbocycles. The van der Waals surface area contributed by atoms with E-state index in [0.29, 0.717) is 18.8 Å². The van der Waals surface area contributed by atoms with E-state index in [-0.39, 0.29) is 17.2 Å². The van der Waals surface area contributed by atoms with Crippen LogP contribution in [0.2, 0.25) is 0 Å². The highest BCUT2D eigenvalue weighted by Crippen LogP contribution is 2.13. The Morgan fingerprint density at radius 2 is 1.57 bits per heavy atom. The first-order valence-electron chi connectivity index (χ1n) is 6.87. The molecule has 0 aromatic heterocycles. The molecule has 0 aliphatic carbocycles. The fourth-order valence-electron chi connectivity index (χ4n) is 2.05. The highest BCUT2D eigenvalue weighted by molar-refractivity contribution is 7.91. The smallest absolute Gasteiger partial charge is 0.179 e. The summed E-state index contributed by atoms with van der Waals surface area (Å²) in [5.74, 6) is -0.0731. The predicted molar refractivity (Wildman–Crippen MR) is 82.7 cm³/mol. The van der Waals surface area contributed by atoms with Gasteiger partial charge in [0.25, 0.3) is 0 Å². The second kappa shape index (κ2) is 7.74. The molecule has 2 atom stereocenters. The van der Waals surface area contributed by atoms with E-state index < -0.39 is 22.0 Å². The average molecular weight is 316 g/mol. The lowest BCUT2D eigenvalue weighted by Crippen LogP contribution is -2.39. The van der Waals surface area contributed by atoms with E-state index >= 15 is 0 Å². The van der Waals surface area contributed by atoms with Gasteiger partial charge in [-0.3, -0.25) is 4.90 Å². The van der Waals surface area contributed by atoms with Crippen molar-refractivity contribution >= 4 is 15.5 Å². The topological polar surface area (TPSA) is 104 Å². The van der Waals surface area contributed by atoms with Gasteiger partial charge in [0.2, 0.25) is 0 Å². The van der Waals surface area contributed by atoms with Gasteiger partial charge in [0.1, 0.15) is 0 Å². The van der Waals surface area contributed by atoms with Crippen LogP contribution in [0.25, 0.3) is 0 Å². The van der Waals surface area contributed by atoms with Crippen LogP contribution >= 0.6 is 0 Å². The summed E-state index contributed by atoms with van der Waals surface area (Å²) in [4.78, 5) is 1.97. The van der Waals surface area contributed by atoms with E-state index in [1.165, 1.54) is 12.1 Å². The molecule has 1 rings (SSSR count). The fourth-order valence-corrected chi connectivity index (χ4v) is 3.33. The highest BCUT2D eigenvalue weighted by Gasteiger charge is 2.18. The fraction of sp³-hybridized carbons (Fsp3) is 0.571. The minimum absolute atomic E-state index is 0.0731. The normalized spacial score (nSPS) is 15.1. The van der Waals surface area contributed by atoms with Crippen LogP contribution in [0, 0.1) is 0 Å². The lowest BCUT2D eigenvalue weighted by molar-refractivity contribution is 0.0873. The Labute approximate surface area is 126 Å². The van der Waals surface area contributed by atoms with Crippen LogP contribution in [-0.4, -0.2) is 61.1 Å². The van der Waals surface area contributed by atoms with Crippen molar-refractivity contribution in [3.63, 3.8) is 0 Å². The van der Waals surface area contributed by atoms with E-state index in [4.69, 9.17) is 5.73 Å². The number of nitrogens with two attached hydrogens (primary N) is 1. The molecule has 1 aromatic carbocycles. The summed E-state index contributed by atoms with van der Waals surface area (Å²) in [5.41, 5.74) is 6.06. The van der Waals surface area contributed by atoms with Crippen LogP contribution in [-0.2, 0) is 9.84 Å². The molecule has 4 N–H and O–H groups in total. The summed E-state index contributed by atoms with van der Waals surface area (Å²) in [6.45, 7) is 4.15. The first kappa shape index (κ1) is 17.9. The van der Waals surface area contributed by atoms with Crippen molar-refractivity contribution in [1.82, 2.24) is 4.90 Å². The van der Waals surface area contributed by atoms with Crippen molar-refractivity contribution < 1.29 is 18.6 Å². The number of benzene rings is 1. The number of rotatable bonds is 8. The number of aliphatic hydroxyl groups excluding tert-OH is 2. The zero-order chi connectivity index (χ0) is 16.0. The quantitative estimate of drug-likeness (QED) is 0.588. The third-order valence-electron chi connectivity index (χ3n) is 2.96. The molecular formula is C14H24N2O4S. The molecule has 0 fully saturated rings. The molecule has 0 saturated heterocycles. The zero-order valence-electron chi connectivity index (χ0n) is 12.4. The maximum Gasteiger partial charge on any atom is 0.179 e. The van der Waals surface area contributed by atoms with E-state index in [1.54, 1.807) is 30.9 Å². The Balaban J connectivity index is 2.71. The molecule has 1 aromatic rings. The molecule has 120 valence electrons. The minimum Gasteiger partial charge on any atom is -0.399 e. The molecule has 0 spiro atoms. The van der Waals surface area contributed by atoms with Gasteiger partial charge in [-0.15, -0.1) is 0 Å². The Kier molecular flexibility index (Phi) is 6.60. The number of sulfone groups is 1. The van der Waals surface area contributed by atoms with Crippen molar-refractivity contribution in [2.75, 3.05) is 31.1 Å². The number of aliphatic hydroxyl groups is 2. The minimum atomic E-state index is -3.40. The Hall–Kier alpha value is -1.15. The Morgan fingerprint density at radius 3 is 2.00 bits per heavy atom. The van der Waals surface area contributed by atoms with Gasteiger partial charge in [-0.2, -0.15) is 0 Å². The monoisotopic (exact) mass is 316 g/mol. The van der Waals surface area contributed by atoms with Crippen LogP contribution in [0.1, 0.15) is 13.8 Å². The molecule has 0 radical (unpaired) electrons. The van der Waals surface area contributed by atoms with Gasteiger partial charge in [0, 0.05) is 25.3 Å². The van der Waals surface area contributed by atoms with Gasteiger partial charge in [0.15, 0.2) is 9.84 Å². The molecule has 0 heterocycles. The van der Waals surface area contributed by atoms with Crippen LogP contribution < -0.4 is 5.73 Å².